The molecule has 1 aromatic rings. The molecule has 106 valence electrons. The van der Waals surface area contributed by atoms with Crippen molar-refractivity contribution in [3.63, 3.8) is 0 Å². The van der Waals surface area contributed by atoms with E-state index in [1.54, 1.807) is 0 Å². The Kier molecular flexibility index (Phi) is 4.32. The Balaban J connectivity index is 2.21. The summed E-state index contributed by atoms with van der Waals surface area (Å²) >= 11 is 0. The second kappa shape index (κ2) is 5.80. The maximum Gasteiger partial charge on any atom is 0.142 e. The van der Waals surface area contributed by atoms with E-state index in [1.807, 2.05) is 39.2 Å². The second-order valence-electron chi connectivity index (χ2n) is 5.35. The van der Waals surface area contributed by atoms with Crippen molar-refractivity contribution in [1.82, 2.24) is 4.90 Å². The molecule has 1 fully saturated rings. The van der Waals surface area contributed by atoms with Crippen molar-refractivity contribution in [2.75, 3.05) is 45.3 Å². The van der Waals surface area contributed by atoms with E-state index < -0.39 is 0 Å². The molecule has 1 saturated heterocycles. The van der Waals surface area contributed by atoms with Crippen LogP contribution in [0, 0.1) is 0 Å². The smallest absolute Gasteiger partial charge is 0.142 e. The lowest BCUT2D eigenvalue weighted by Gasteiger charge is -2.34. The lowest BCUT2D eigenvalue weighted by Crippen LogP contribution is -2.49. The van der Waals surface area contributed by atoms with Crippen molar-refractivity contribution in [3.05, 3.63) is 24.3 Å². The number of ether oxygens (including phenoxy) is 1. The van der Waals surface area contributed by atoms with Gasteiger partial charge in [0.1, 0.15) is 5.75 Å². The Morgan fingerprint density at radius 3 is 2.68 bits per heavy atom. The predicted molar refractivity (Wildman–Crippen MR) is 77.9 cm³/mol. The quantitative estimate of drug-likeness (QED) is 0.876. The molecule has 1 aromatic carbocycles. The molecule has 0 aliphatic carbocycles. The van der Waals surface area contributed by atoms with Gasteiger partial charge < -0.3 is 14.7 Å². The van der Waals surface area contributed by atoms with Gasteiger partial charge in [-0.1, -0.05) is 12.1 Å². The van der Waals surface area contributed by atoms with Gasteiger partial charge in [-0.2, -0.15) is 0 Å². The first-order valence-electron chi connectivity index (χ1n) is 6.88. The summed E-state index contributed by atoms with van der Waals surface area (Å²) in [6.07, 6.45) is 0.969. The monoisotopic (exact) mass is 264 g/mol. The molecule has 0 spiro atoms. The molecule has 19 heavy (non-hydrogen) atoms. The third kappa shape index (κ3) is 2.69. The molecule has 1 aliphatic heterocycles. The summed E-state index contributed by atoms with van der Waals surface area (Å²) in [5.74, 6) is 0.928. The number of rotatable bonds is 5. The highest BCUT2D eigenvalue weighted by Crippen LogP contribution is 2.35. The van der Waals surface area contributed by atoms with Crippen LogP contribution in [0.25, 0.3) is 0 Å². The van der Waals surface area contributed by atoms with Gasteiger partial charge in [-0.05, 0) is 39.6 Å². The van der Waals surface area contributed by atoms with Crippen molar-refractivity contribution < 1.29 is 9.84 Å². The van der Waals surface area contributed by atoms with Crippen molar-refractivity contribution in [1.29, 1.82) is 0 Å². The highest BCUT2D eigenvalue weighted by molar-refractivity contribution is 5.59. The van der Waals surface area contributed by atoms with Gasteiger partial charge >= 0.3 is 0 Å². The van der Waals surface area contributed by atoms with Gasteiger partial charge in [-0.3, -0.25) is 4.90 Å². The summed E-state index contributed by atoms with van der Waals surface area (Å²) in [7, 11) is 4.07. The molecule has 1 N–H and O–H groups in total. The maximum atomic E-state index is 9.72. The minimum absolute atomic E-state index is 0.140. The fraction of sp³-hybridized carbons (Fsp3) is 0.600. The number of para-hydroxylation sites is 2. The number of anilines is 1. The van der Waals surface area contributed by atoms with Gasteiger partial charge in [-0.25, -0.2) is 0 Å². The molecular weight excluding hydrogens is 240 g/mol. The summed E-state index contributed by atoms with van der Waals surface area (Å²) in [5, 5.41) is 9.72. The zero-order valence-corrected chi connectivity index (χ0v) is 12.1. The van der Waals surface area contributed by atoms with E-state index in [0.717, 1.165) is 30.9 Å². The first-order valence-corrected chi connectivity index (χ1v) is 6.88. The van der Waals surface area contributed by atoms with E-state index in [0.29, 0.717) is 6.61 Å². The molecule has 1 atom stereocenters. The van der Waals surface area contributed by atoms with Crippen LogP contribution >= 0.6 is 0 Å². The van der Waals surface area contributed by atoms with Crippen LogP contribution in [0.2, 0.25) is 0 Å². The molecular formula is C15H24N2O2. The Morgan fingerprint density at radius 1 is 1.37 bits per heavy atom. The first kappa shape index (κ1) is 14.2. The van der Waals surface area contributed by atoms with Gasteiger partial charge in [0.25, 0.3) is 0 Å². The number of nitrogens with zero attached hydrogens (tertiary/aromatic N) is 2. The standard InChI is InChI=1S/C15H24N2O2/c1-4-19-14-8-6-5-7-13(14)17-10-9-15(11-17,12-18)16(2)3/h5-8,18H,4,9-12H2,1-3H3. The lowest BCUT2D eigenvalue weighted by molar-refractivity contribution is 0.0866. The average molecular weight is 264 g/mol. The van der Waals surface area contributed by atoms with Crippen molar-refractivity contribution in [2.45, 2.75) is 18.9 Å². The molecule has 1 heterocycles. The van der Waals surface area contributed by atoms with Gasteiger partial charge in [0.05, 0.1) is 24.4 Å². The number of hydrogen-bond acceptors (Lipinski definition) is 4. The Bertz CT molecular complexity index is 422. The van der Waals surface area contributed by atoms with Crippen LogP contribution in [0.3, 0.4) is 0 Å². The summed E-state index contributed by atoms with van der Waals surface area (Å²) < 4.78 is 5.69. The van der Waals surface area contributed by atoms with Crippen LogP contribution in [0.5, 0.6) is 5.75 Å². The molecule has 4 nitrogen and oxygen atoms in total. The van der Waals surface area contributed by atoms with E-state index in [-0.39, 0.29) is 12.1 Å². The molecule has 2 rings (SSSR count). The molecule has 0 amide bonds. The normalized spacial score (nSPS) is 23.1. The van der Waals surface area contributed by atoms with Crippen LogP contribution in [0.15, 0.2) is 24.3 Å². The van der Waals surface area contributed by atoms with Gasteiger partial charge in [0.15, 0.2) is 0 Å². The number of likely N-dealkylation sites (N-methyl/N-ethyl adjacent to an activating group) is 1. The largest absolute Gasteiger partial charge is 0.492 e. The Hall–Kier alpha value is -1.26. The number of aliphatic hydroxyl groups excluding tert-OH is 1. The fourth-order valence-corrected chi connectivity index (χ4v) is 2.69. The third-order valence-electron chi connectivity index (χ3n) is 4.08. The predicted octanol–water partition coefficient (Wildman–Crippen LogP) is 1.59. The second-order valence-corrected chi connectivity index (χ2v) is 5.35. The molecule has 0 saturated carbocycles. The van der Waals surface area contributed by atoms with Crippen LogP contribution in [0.1, 0.15) is 13.3 Å². The number of benzene rings is 1. The fourth-order valence-electron chi connectivity index (χ4n) is 2.69. The van der Waals surface area contributed by atoms with E-state index in [1.165, 1.54) is 0 Å². The molecule has 4 heteroatoms. The Morgan fingerprint density at radius 2 is 2.11 bits per heavy atom. The van der Waals surface area contributed by atoms with Crippen molar-refractivity contribution in [2.24, 2.45) is 0 Å². The summed E-state index contributed by atoms with van der Waals surface area (Å²) in [6, 6.07) is 8.13. The highest BCUT2D eigenvalue weighted by atomic mass is 16.5. The molecule has 0 radical (unpaired) electrons. The molecule has 0 aromatic heterocycles. The minimum Gasteiger partial charge on any atom is -0.492 e. The van der Waals surface area contributed by atoms with Crippen LogP contribution in [-0.2, 0) is 0 Å². The van der Waals surface area contributed by atoms with E-state index in [2.05, 4.69) is 15.9 Å². The zero-order valence-electron chi connectivity index (χ0n) is 12.1. The Labute approximate surface area is 115 Å². The minimum atomic E-state index is -0.140. The van der Waals surface area contributed by atoms with Gasteiger partial charge in [-0.15, -0.1) is 0 Å². The summed E-state index contributed by atoms with van der Waals surface area (Å²) in [5.41, 5.74) is 0.987. The van der Waals surface area contributed by atoms with Crippen LogP contribution < -0.4 is 9.64 Å². The molecule has 1 aliphatic rings. The summed E-state index contributed by atoms with van der Waals surface area (Å²) in [4.78, 5) is 4.44. The number of hydrogen-bond donors (Lipinski definition) is 1. The highest BCUT2D eigenvalue weighted by Gasteiger charge is 2.40. The van der Waals surface area contributed by atoms with E-state index in [4.69, 9.17) is 4.74 Å². The van der Waals surface area contributed by atoms with Crippen molar-refractivity contribution >= 4 is 5.69 Å². The molecule has 0 bridgehead atoms. The van der Waals surface area contributed by atoms with E-state index >= 15 is 0 Å². The third-order valence-corrected chi connectivity index (χ3v) is 4.08. The molecule has 1 unspecified atom stereocenters. The van der Waals surface area contributed by atoms with Crippen LogP contribution in [0.4, 0.5) is 5.69 Å². The summed E-state index contributed by atoms with van der Waals surface area (Å²) in [6.45, 7) is 4.64. The maximum absolute atomic E-state index is 9.72. The lowest BCUT2D eigenvalue weighted by atomic mass is 9.99. The SMILES string of the molecule is CCOc1ccccc1N1CCC(CO)(N(C)C)C1. The number of aliphatic hydroxyl groups is 1. The van der Waals surface area contributed by atoms with Gasteiger partial charge in [0.2, 0.25) is 0 Å². The average Bonchev–Trinajstić information content (AvgIpc) is 2.85. The zero-order chi connectivity index (χ0) is 13.9. The van der Waals surface area contributed by atoms with Crippen molar-refractivity contribution in [3.8, 4) is 5.75 Å². The van der Waals surface area contributed by atoms with Crippen LogP contribution in [-0.4, -0.2) is 55.9 Å². The van der Waals surface area contributed by atoms with Gasteiger partial charge in [0, 0.05) is 13.1 Å². The topological polar surface area (TPSA) is 35.9 Å². The first-order chi connectivity index (χ1) is 9.13. The van der Waals surface area contributed by atoms with E-state index in [9.17, 15) is 5.11 Å².